The molecule has 7 nitrogen and oxygen atoms in total. The van der Waals surface area contributed by atoms with Crippen LogP contribution in [0.25, 0.3) is 5.69 Å². The van der Waals surface area contributed by atoms with Gasteiger partial charge in [0.25, 0.3) is 0 Å². The largest absolute Gasteiger partial charge is 0.388 e. The number of rotatable bonds is 4. The Bertz CT molecular complexity index is 659. The van der Waals surface area contributed by atoms with Gasteiger partial charge < -0.3 is 20.1 Å². The summed E-state index contributed by atoms with van der Waals surface area (Å²) in [6.45, 7) is 3.00. The Labute approximate surface area is 134 Å². The highest BCUT2D eigenvalue weighted by atomic mass is 16.5. The standard InChI is InChI=1S/C16H20N4O3/c1-2-19(14-10-23-11-15(14)21)16(22)18-12-5-3-6-13(9-12)20-8-4-7-17-20/h3-9,14-15,21H,2,10-11H2,1H3,(H,18,22)/t14-,15-/m0/s1. The fraction of sp³-hybridized carbons (Fsp3) is 0.375. The summed E-state index contributed by atoms with van der Waals surface area (Å²) >= 11 is 0. The van der Waals surface area contributed by atoms with Gasteiger partial charge in [-0.3, -0.25) is 0 Å². The fourth-order valence-corrected chi connectivity index (χ4v) is 2.70. The summed E-state index contributed by atoms with van der Waals surface area (Å²) < 4.78 is 6.96. The van der Waals surface area contributed by atoms with Gasteiger partial charge in [-0.15, -0.1) is 0 Å². The average molecular weight is 316 g/mol. The van der Waals surface area contributed by atoms with Crippen LogP contribution in [0.4, 0.5) is 10.5 Å². The second-order valence-electron chi connectivity index (χ2n) is 5.39. The Balaban J connectivity index is 1.73. The van der Waals surface area contributed by atoms with E-state index in [-0.39, 0.29) is 18.7 Å². The molecule has 0 spiro atoms. The number of nitrogens with zero attached hydrogens (tertiary/aromatic N) is 3. The summed E-state index contributed by atoms with van der Waals surface area (Å²) in [7, 11) is 0. The molecule has 2 N–H and O–H groups in total. The number of carbonyl (C=O) groups excluding carboxylic acids is 1. The van der Waals surface area contributed by atoms with Gasteiger partial charge in [0.2, 0.25) is 0 Å². The first-order valence-electron chi connectivity index (χ1n) is 7.62. The van der Waals surface area contributed by atoms with Gasteiger partial charge in [-0.25, -0.2) is 9.48 Å². The lowest BCUT2D eigenvalue weighted by atomic mass is 10.2. The van der Waals surface area contributed by atoms with Gasteiger partial charge in [0, 0.05) is 24.6 Å². The van der Waals surface area contributed by atoms with Gasteiger partial charge in [-0.1, -0.05) is 6.07 Å². The molecule has 0 radical (unpaired) electrons. The maximum absolute atomic E-state index is 12.5. The van der Waals surface area contributed by atoms with E-state index >= 15 is 0 Å². The van der Waals surface area contributed by atoms with Gasteiger partial charge in [0.05, 0.1) is 31.0 Å². The number of hydrogen-bond donors (Lipinski definition) is 2. The molecular formula is C16H20N4O3. The number of carbonyl (C=O) groups is 1. The van der Waals surface area contributed by atoms with Crippen molar-refractivity contribution in [2.45, 2.75) is 19.1 Å². The Morgan fingerprint density at radius 2 is 2.35 bits per heavy atom. The molecule has 2 heterocycles. The van der Waals surface area contributed by atoms with Crippen LogP contribution < -0.4 is 5.32 Å². The highest BCUT2D eigenvalue weighted by molar-refractivity contribution is 5.89. The molecule has 2 aromatic rings. The second kappa shape index (κ2) is 6.80. The summed E-state index contributed by atoms with van der Waals surface area (Å²) in [4.78, 5) is 14.1. The highest BCUT2D eigenvalue weighted by Gasteiger charge is 2.33. The van der Waals surface area contributed by atoms with E-state index in [1.807, 2.05) is 43.5 Å². The third-order valence-electron chi connectivity index (χ3n) is 3.89. The Morgan fingerprint density at radius 3 is 3.00 bits per heavy atom. The van der Waals surface area contributed by atoms with Crippen LogP contribution in [0.15, 0.2) is 42.7 Å². The lowest BCUT2D eigenvalue weighted by Crippen LogP contribution is -2.48. The van der Waals surface area contributed by atoms with Crippen LogP contribution in [0.3, 0.4) is 0 Å². The third kappa shape index (κ3) is 3.35. The van der Waals surface area contributed by atoms with Crippen LogP contribution >= 0.6 is 0 Å². The van der Waals surface area contributed by atoms with Crippen molar-refractivity contribution in [2.24, 2.45) is 0 Å². The molecule has 1 aromatic heterocycles. The van der Waals surface area contributed by atoms with Crippen LogP contribution in [0.2, 0.25) is 0 Å². The number of likely N-dealkylation sites (N-methyl/N-ethyl adjacent to an activating group) is 1. The van der Waals surface area contributed by atoms with Gasteiger partial charge in [-0.2, -0.15) is 5.10 Å². The van der Waals surface area contributed by atoms with Crippen molar-refractivity contribution in [1.29, 1.82) is 0 Å². The number of urea groups is 1. The van der Waals surface area contributed by atoms with Crippen LogP contribution in [0.1, 0.15) is 6.92 Å². The summed E-state index contributed by atoms with van der Waals surface area (Å²) in [6.07, 6.45) is 2.90. The fourth-order valence-electron chi connectivity index (χ4n) is 2.70. The lowest BCUT2D eigenvalue weighted by molar-refractivity contribution is 0.1000. The Kier molecular flexibility index (Phi) is 4.59. The zero-order valence-corrected chi connectivity index (χ0v) is 12.9. The lowest BCUT2D eigenvalue weighted by Gasteiger charge is -2.28. The van der Waals surface area contributed by atoms with E-state index in [2.05, 4.69) is 10.4 Å². The summed E-state index contributed by atoms with van der Waals surface area (Å²) in [5.74, 6) is 0. The van der Waals surface area contributed by atoms with E-state index in [0.717, 1.165) is 5.69 Å². The molecular weight excluding hydrogens is 296 g/mol. The molecule has 0 aliphatic carbocycles. The maximum Gasteiger partial charge on any atom is 0.322 e. The van der Waals surface area contributed by atoms with Crippen molar-refractivity contribution in [3.05, 3.63) is 42.7 Å². The molecule has 0 saturated carbocycles. The predicted molar refractivity (Wildman–Crippen MR) is 85.6 cm³/mol. The molecule has 2 amide bonds. The van der Waals surface area contributed by atoms with Gasteiger partial charge in [0.15, 0.2) is 0 Å². The minimum Gasteiger partial charge on any atom is -0.388 e. The molecule has 122 valence electrons. The van der Waals surface area contributed by atoms with Crippen molar-refractivity contribution < 1.29 is 14.6 Å². The number of aliphatic hydroxyl groups excluding tert-OH is 1. The molecule has 1 aliphatic rings. The molecule has 2 atom stereocenters. The van der Waals surface area contributed by atoms with Gasteiger partial charge in [0.1, 0.15) is 0 Å². The minimum atomic E-state index is -0.642. The van der Waals surface area contributed by atoms with Crippen molar-refractivity contribution in [2.75, 3.05) is 25.1 Å². The van der Waals surface area contributed by atoms with Crippen molar-refractivity contribution in [1.82, 2.24) is 14.7 Å². The molecule has 1 aromatic carbocycles. The van der Waals surface area contributed by atoms with Crippen LogP contribution in [0.5, 0.6) is 0 Å². The number of hydrogen-bond acceptors (Lipinski definition) is 4. The van der Waals surface area contributed by atoms with E-state index < -0.39 is 6.10 Å². The first kappa shape index (κ1) is 15.5. The molecule has 23 heavy (non-hydrogen) atoms. The van der Waals surface area contributed by atoms with Crippen molar-refractivity contribution in [3.63, 3.8) is 0 Å². The van der Waals surface area contributed by atoms with Gasteiger partial charge >= 0.3 is 6.03 Å². The first-order chi connectivity index (χ1) is 11.2. The van der Waals surface area contributed by atoms with E-state index in [9.17, 15) is 9.90 Å². The predicted octanol–water partition coefficient (Wildman–Crippen LogP) is 1.49. The van der Waals surface area contributed by atoms with Gasteiger partial charge in [-0.05, 0) is 31.2 Å². The van der Waals surface area contributed by atoms with Crippen LogP contribution in [-0.4, -0.2) is 57.7 Å². The van der Waals surface area contributed by atoms with Crippen molar-refractivity contribution >= 4 is 11.7 Å². The number of amides is 2. The Morgan fingerprint density at radius 1 is 1.48 bits per heavy atom. The maximum atomic E-state index is 12.5. The zero-order chi connectivity index (χ0) is 16.2. The summed E-state index contributed by atoms with van der Waals surface area (Å²) in [5, 5.41) is 17.0. The normalized spacial score (nSPS) is 20.4. The summed E-state index contributed by atoms with van der Waals surface area (Å²) in [6, 6.07) is 8.71. The molecule has 1 fully saturated rings. The number of aromatic nitrogens is 2. The van der Waals surface area contributed by atoms with Crippen LogP contribution in [0, 0.1) is 0 Å². The Hall–Kier alpha value is -2.38. The second-order valence-corrected chi connectivity index (χ2v) is 5.39. The molecule has 0 bridgehead atoms. The third-order valence-corrected chi connectivity index (χ3v) is 3.89. The monoisotopic (exact) mass is 316 g/mol. The average Bonchev–Trinajstić information content (AvgIpc) is 3.21. The summed E-state index contributed by atoms with van der Waals surface area (Å²) in [5.41, 5.74) is 1.54. The molecule has 1 aliphatic heterocycles. The first-order valence-corrected chi connectivity index (χ1v) is 7.62. The minimum absolute atomic E-state index is 0.250. The SMILES string of the molecule is CCN(C(=O)Nc1cccc(-n2cccn2)c1)[C@H]1COC[C@@H]1O. The number of aliphatic hydroxyl groups is 1. The quantitative estimate of drug-likeness (QED) is 0.895. The number of nitrogens with one attached hydrogen (secondary N) is 1. The smallest absolute Gasteiger partial charge is 0.322 e. The van der Waals surface area contributed by atoms with E-state index in [1.54, 1.807) is 15.8 Å². The highest BCUT2D eigenvalue weighted by Crippen LogP contribution is 2.17. The molecule has 7 heteroatoms. The van der Waals surface area contributed by atoms with E-state index in [1.165, 1.54) is 0 Å². The number of ether oxygens (including phenoxy) is 1. The van der Waals surface area contributed by atoms with E-state index in [0.29, 0.717) is 18.8 Å². The van der Waals surface area contributed by atoms with Crippen molar-refractivity contribution in [3.8, 4) is 5.69 Å². The number of anilines is 1. The number of benzene rings is 1. The van der Waals surface area contributed by atoms with E-state index in [4.69, 9.17) is 4.74 Å². The molecule has 0 unspecified atom stereocenters. The zero-order valence-electron chi connectivity index (χ0n) is 12.9. The molecule has 1 saturated heterocycles. The van der Waals surface area contributed by atoms with Crippen LogP contribution in [-0.2, 0) is 4.74 Å². The topological polar surface area (TPSA) is 79.6 Å². The molecule has 3 rings (SSSR count).